The highest BCUT2D eigenvalue weighted by molar-refractivity contribution is 5.87. The molecule has 0 spiro atoms. The van der Waals surface area contributed by atoms with Crippen molar-refractivity contribution in [3.05, 3.63) is 12.2 Å². The summed E-state index contributed by atoms with van der Waals surface area (Å²) in [5, 5.41) is 10.6. The average molecular weight is 366 g/mol. The minimum atomic E-state index is -0.952. The number of carbonyl (C=O) groups excluding carboxylic acids is 1. The largest absolute Gasteiger partial charge is 0.456 e. The molecule has 2 bridgehead atoms. The molecule has 0 radical (unpaired) electrons. The molecule has 2 saturated heterocycles. The summed E-state index contributed by atoms with van der Waals surface area (Å²) in [7, 11) is 0. The number of esters is 1. The minimum Gasteiger partial charge on any atom is -0.456 e. The monoisotopic (exact) mass is 366 g/mol. The zero-order valence-corrected chi connectivity index (χ0v) is 16.8. The van der Waals surface area contributed by atoms with Gasteiger partial charge in [0.1, 0.15) is 12.2 Å². The maximum Gasteiger partial charge on any atom is 0.333 e. The lowest BCUT2D eigenvalue weighted by molar-refractivity contribution is -0.236. The predicted octanol–water partition coefficient (Wildman–Crippen LogP) is 3.53. The van der Waals surface area contributed by atoms with E-state index < -0.39 is 11.2 Å². The maximum atomic E-state index is 12.0. The van der Waals surface area contributed by atoms with Gasteiger partial charge in [-0.25, -0.2) is 4.79 Å². The highest BCUT2D eigenvalue weighted by atomic mass is 16.6. The fraction of sp³-hybridized carbons (Fsp3) is 0.857. The summed E-state index contributed by atoms with van der Waals surface area (Å²) >= 11 is 0. The van der Waals surface area contributed by atoms with E-state index in [1.807, 2.05) is 13.8 Å². The number of hydrogen-bond acceptors (Lipinski definition) is 5. The van der Waals surface area contributed by atoms with E-state index in [-0.39, 0.29) is 35.8 Å². The van der Waals surface area contributed by atoms with E-state index in [4.69, 9.17) is 14.2 Å². The number of carbonyl (C=O) groups is 1. The molecule has 0 amide bonds. The van der Waals surface area contributed by atoms with Crippen LogP contribution in [0.5, 0.6) is 0 Å². The summed E-state index contributed by atoms with van der Waals surface area (Å²) in [6.45, 7) is 12.9. The van der Waals surface area contributed by atoms with Gasteiger partial charge in [0.25, 0.3) is 0 Å². The Hall–Kier alpha value is -0.910. The van der Waals surface area contributed by atoms with E-state index in [2.05, 4.69) is 6.58 Å². The SMILES string of the molecule is C=C(C)C(=O)OC1CC2CC(C3(OC(C)(C)C(C)(C)O)CCCC3)C1O2. The molecular formula is C21H34O5. The van der Waals surface area contributed by atoms with Crippen molar-refractivity contribution in [2.24, 2.45) is 5.92 Å². The predicted molar refractivity (Wildman–Crippen MR) is 98.7 cm³/mol. The molecule has 26 heavy (non-hydrogen) atoms. The zero-order valence-electron chi connectivity index (χ0n) is 16.8. The Balaban J connectivity index is 1.81. The molecule has 0 aromatic heterocycles. The first-order chi connectivity index (χ1) is 12.0. The van der Waals surface area contributed by atoms with Crippen LogP contribution < -0.4 is 0 Å². The van der Waals surface area contributed by atoms with Crippen LogP contribution in [0.2, 0.25) is 0 Å². The fourth-order valence-corrected chi connectivity index (χ4v) is 4.70. The van der Waals surface area contributed by atoms with Crippen molar-refractivity contribution in [2.45, 2.75) is 108 Å². The number of rotatable bonds is 6. The number of hydrogen-bond donors (Lipinski definition) is 1. The van der Waals surface area contributed by atoms with Gasteiger partial charge in [-0.2, -0.15) is 0 Å². The quantitative estimate of drug-likeness (QED) is 0.575. The summed E-state index contributed by atoms with van der Waals surface area (Å²) in [6.07, 6.45) is 5.62. The van der Waals surface area contributed by atoms with E-state index in [0.29, 0.717) is 5.57 Å². The fourth-order valence-electron chi connectivity index (χ4n) is 4.70. The average Bonchev–Trinajstić information content (AvgIpc) is 3.20. The van der Waals surface area contributed by atoms with Crippen LogP contribution in [0.4, 0.5) is 0 Å². The smallest absolute Gasteiger partial charge is 0.333 e. The molecule has 3 aliphatic rings. The molecule has 148 valence electrons. The molecule has 2 aliphatic heterocycles. The Bertz CT molecular complexity index is 567. The van der Waals surface area contributed by atoms with Crippen LogP contribution in [0, 0.1) is 5.92 Å². The lowest BCUT2D eigenvalue weighted by Crippen LogP contribution is -2.57. The molecule has 0 aromatic rings. The van der Waals surface area contributed by atoms with E-state index in [9.17, 15) is 9.90 Å². The van der Waals surface area contributed by atoms with Gasteiger partial charge in [-0.1, -0.05) is 19.4 Å². The topological polar surface area (TPSA) is 65.0 Å². The Morgan fingerprint density at radius 3 is 2.31 bits per heavy atom. The van der Waals surface area contributed by atoms with Crippen molar-refractivity contribution in [2.75, 3.05) is 0 Å². The summed E-state index contributed by atoms with van der Waals surface area (Å²) in [6, 6.07) is 0. The molecule has 2 heterocycles. The summed E-state index contributed by atoms with van der Waals surface area (Å²) in [4.78, 5) is 12.0. The summed E-state index contributed by atoms with van der Waals surface area (Å²) < 4.78 is 18.5. The Morgan fingerprint density at radius 1 is 1.19 bits per heavy atom. The molecule has 5 nitrogen and oxygen atoms in total. The van der Waals surface area contributed by atoms with Gasteiger partial charge in [-0.05, 0) is 53.9 Å². The third kappa shape index (κ3) is 3.46. The molecule has 4 unspecified atom stereocenters. The van der Waals surface area contributed by atoms with Gasteiger partial charge in [0.2, 0.25) is 0 Å². The van der Waals surface area contributed by atoms with Gasteiger partial charge < -0.3 is 19.3 Å². The second-order valence-electron chi connectivity index (χ2n) is 9.47. The minimum absolute atomic E-state index is 0.124. The van der Waals surface area contributed by atoms with Gasteiger partial charge in [-0.3, -0.25) is 0 Å². The summed E-state index contributed by atoms with van der Waals surface area (Å²) in [5.41, 5.74) is -1.54. The van der Waals surface area contributed by atoms with Crippen LogP contribution in [0.1, 0.15) is 73.1 Å². The first-order valence-corrected chi connectivity index (χ1v) is 9.90. The zero-order chi connectivity index (χ0) is 19.3. The second kappa shape index (κ2) is 6.61. The van der Waals surface area contributed by atoms with Crippen LogP contribution >= 0.6 is 0 Å². The van der Waals surface area contributed by atoms with Crippen molar-refractivity contribution in [1.29, 1.82) is 0 Å². The standard InChI is InChI=1S/C21H34O5/c1-13(2)18(22)25-16-12-14-11-15(17(16)24-14)21(9-7-8-10-21)26-20(5,6)19(3,4)23/h14-17,23H,1,7-12H2,2-6H3. The molecule has 1 saturated carbocycles. The Kier molecular flexibility index (Phi) is 5.04. The van der Waals surface area contributed by atoms with Crippen LogP contribution in [0.25, 0.3) is 0 Å². The van der Waals surface area contributed by atoms with Crippen LogP contribution in [-0.2, 0) is 19.0 Å². The lowest BCUT2D eigenvalue weighted by atomic mass is 9.73. The van der Waals surface area contributed by atoms with E-state index in [1.165, 1.54) is 0 Å². The molecule has 5 heteroatoms. The van der Waals surface area contributed by atoms with Crippen molar-refractivity contribution in [3.63, 3.8) is 0 Å². The molecule has 4 atom stereocenters. The highest BCUT2D eigenvalue weighted by Gasteiger charge is 2.60. The Labute approximate surface area is 157 Å². The lowest BCUT2D eigenvalue weighted by Gasteiger charge is -2.48. The van der Waals surface area contributed by atoms with Crippen molar-refractivity contribution in [1.82, 2.24) is 0 Å². The maximum absolute atomic E-state index is 12.0. The van der Waals surface area contributed by atoms with E-state index in [0.717, 1.165) is 38.5 Å². The molecule has 3 fully saturated rings. The normalized spacial score (nSPS) is 33.5. The van der Waals surface area contributed by atoms with Gasteiger partial charge in [0, 0.05) is 17.9 Å². The summed E-state index contributed by atoms with van der Waals surface area (Å²) in [5.74, 6) is -0.156. The number of fused-ring (bicyclic) bond motifs is 2. The van der Waals surface area contributed by atoms with Crippen LogP contribution in [-0.4, -0.2) is 46.2 Å². The molecule has 1 N–H and O–H groups in total. The molecule has 0 aromatic carbocycles. The molecule has 1 aliphatic carbocycles. The third-order valence-corrected chi connectivity index (χ3v) is 6.79. The van der Waals surface area contributed by atoms with Gasteiger partial charge in [0.05, 0.1) is 22.9 Å². The van der Waals surface area contributed by atoms with Gasteiger partial charge >= 0.3 is 5.97 Å². The van der Waals surface area contributed by atoms with E-state index in [1.54, 1.807) is 20.8 Å². The van der Waals surface area contributed by atoms with Crippen LogP contribution in [0.15, 0.2) is 12.2 Å². The second-order valence-corrected chi connectivity index (χ2v) is 9.47. The molecule has 3 rings (SSSR count). The first kappa shape index (κ1) is 19.8. The highest BCUT2D eigenvalue weighted by Crippen LogP contribution is 2.53. The number of ether oxygens (including phenoxy) is 3. The molecular weight excluding hydrogens is 332 g/mol. The van der Waals surface area contributed by atoms with Crippen molar-refractivity contribution in [3.8, 4) is 0 Å². The van der Waals surface area contributed by atoms with Crippen LogP contribution in [0.3, 0.4) is 0 Å². The van der Waals surface area contributed by atoms with E-state index >= 15 is 0 Å². The van der Waals surface area contributed by atoms with Crippen molar-refractivity contribution < 1.29 is 24.1 Å². The Morgan fingerprint density at radius 2 is 1.81 bits per heavy atom. The van der Waals surface area contributed by atoms with Crippen molar-refractivity contribution >= 4 is 5.97 Å². The number of aliphatic hydroxyl groups is 1. The third-order valence-electron chi connectivity index (χ3n) is 6.79. The van der Waals surface area contributed by atoms with Gasteiger partial charge in [-0.15, -0.1) is 0 Å². The first-order valence-electron chi connectivity index (χ1n) is 9.90. The van der Waals surface area contributed by atoms with Gasteiger partial charge in [0.15, 0.2) is 0 Å².